The van der Waals surface area contributed by atoms with Crippen molar-refractivity contribution in [2.24, 2.45) is 5.92 Å². The van der Waals surface area contributed by atoms with Gasteiger partial charge in [-0.3, -0.25) is 14.5 Å². The third-order valence-electron chi connectivity index (χ3n) is 6.06. The Balaban J connectivity index is 1.48. The molecule has 0 spiro atoms. The number of halogens is 1. The Labute approximate surface area is 192 Å². The van der Waals surface area contributed by atoms with Gasteiger partial charge in [-0.2, -0.15) is 10.4 Å². The van der Waals surface area contributed by atoms with Crippen LogP contribution in [0.4, 0.5) is 15.8 Å². The molecule has 33 heavy (non-hydrogen) atoms. The second kappa shape index (κ2) is 9.02. The summed E-state index contributed by atoms with van der Waals surface area (Å²) in [6.07, 6.45) is 5.23. The molecule has 0 saturated heterocycles. The van der Waals surface area contributed by atoms with E-state index < -0.39 is 5.82 Å². The molecule has 170 valence electrons. The fourth-order valence-electron chi connectivity index (χ4n) is 4.41. The van der Waals surface area contributed by atoms with Crippen LogP contribution in [0, 0.1) is 30.0 Å². The van der Waals surface area contributed by atoms with E-state index in [1.54, 1.807) is 10.7 Å². The molecule has 1 amide bonds. The van der Waals surface area contributed by atoms with E-state index in [4.69, 9.17) is 4.98 Å². The Kier molecular flexibility index (Phi) is 6.14. The molecule has 2 aromatic heterocycles. The number of nitrogens with one attached hydrogen (secondary N) is 1. The molecule has 1 aliphatic rings. The number of rotatable bonds is 6. The monoisotopic (exact) mass is 446 g/mol. The lowest BCUT2D eigenvalue weighted by Crippen LogP contribution is -2.49. The highest BCUT2D eigenvalue weighted by Gasteiger charge is 2.34. The number of nitriles is 1. The number of aryl methyl sites for hydroxylation is 3. The molecule has 8 heteroatoms. The van der Waals surface area contributed by atoms with Crippen LogP contribution in [-0.2, 0) is 24.2 Å². The van der Waals surface area contributed by atoms with Gasteiger partial charge in [0.2, 0.25) is 5.91 Å². The van der Waals surface area contributed by atoms with Gasteiger partial charge in [-0.15, -0.1) is 0 Å². The van der Waals surface area contributed by atoms with Crippen LogP contribution >= 0.6 is 0 Å². The van der Waals surface area contributed by atoms with Crippen molar-refractivity contribution >= 4 is 17.3 Å². The van der Waals surface area contributed by atoms with Gasteiger partial charge in [-0.05, 0) is 55.0 Å². The highest BCUT2D eigenvalue weighted by atomic mass is 19.1. The number of likely N-dealkylation sites (N-methyl/N-ethyl adjacent to an activating group) is 1. The molecule has 1 atom stereocenters. The van der Waals surface area contributed by atoms with Gasteiger partial charge < -0.3 is 10.2 Å². The summed E-state index contributed by atoms with van der Waals surface area (Å²) in [4.78, 5) is 19.3. The molecule has 1 N–H and O–H groups in total. The third kappa shape index (κ3) is 4.58. The van der Waals surface area contributed by atoms with Crippen LogP contribution in [0.2, 0.25) is 0 Å². The average Bonchev–Trinajstić information content (AvgIpc) is 3.21. The van der Waals surface area contributed by atoms with E-state index in [0.717, 1.165) is 46.7 Å². The summed E-state index contributed by atoms with van der Waals surface area (Å²) >= 11 is 0. The van der Waals surface area contributed by atoms with Crippen LogP contribution in [0.1, 0.15) is 41.9 Å². The lowest BCUT2D eigenvalue weighted by atomic mass is 9.97. The smallest absolute Gasteiger partial charge is 0.247 e. The second-order valence-electron chi connectivity index (χ2n) is 8.84. The standard InChI is InChI=1S/C25H27FN6O/c1-15(2)24-25(33)30-23-16(3)29-21(10-22(23)31(24)4)8-5-17-12-28-32(13-17)14-18-6-7-20(26)9-19(18)11-27/h6-7,9-10,12-13,15,24H,5,8,14H2,1-4H3,(H,30,33)/t24-/m0/s1. The van der Waals surface area contributed by atoms with Gasteiger partial charge in [-0.25, -0.2) is 4.39 Å². The van der Waals surface area contributed by atoms with Crippen LogP contribution in [0.3, 0.4) is 0 Å². The van der Waals surface area contributed by atoms with Gasteiger partial charge in [0.25, 0.3) is 0 Å². The molecule has 1 aromatic carbocycles. The molecule has 4 rings (SSSR count). The van der Waals surface area contributed by atoms with Crippen LogP contribution < -0.4 is 10.2 Å². The first kappa shape index (κ1) is 22.5. The molecular formula is C25H27FN6O. The van der Waals surface area contributed by atoms with Crippen LogP contribution in [0.15, 0.2) is 36.7 Å². The number of nitrogens with zero attached hydrogens (tertiary/aromatic N) is 5. The summed E-state index contributed by atoms with van der Waals surface area (Å²) in [5.41, 5.74) is 5.63. The van der Waals surface area contributed by atoms with E-state index in [-0.39, 0.29) is 17.9 Å². The minimum Gasteiger partial charge on any atom is -0.361 e. The number of aromatic nitrogens is 3. The molecule has 0 saturated carbocycles. The van der Waals surface area contributed by atoms with Crippen molar-refractivity contribution < 1.29 is 9.18 Å². The predicted molar refractivity (Wildman–Crippen MR) is 124 cm³/mol. The Bertz CT molecular complexity index is 1240. The molecule has 0 bridgehead atoms. The quantitative estimate of drug-likeness (QED) is 0.622. The first-order valence-corrected chi connectivity index (χ1v) is 11.0. The summed E-state index contributed by atoms with van der Waals surface area (Å²) in [5, 5.41) is 16.7. The van der Waals surface area contributed by atoms with E-state index in [9.17, 15) is 14.4 Å². The van der Waals surface area contributed by atoms with Crippen molar-refractivity contribution in [1.29, 1.82) is 5.26 Å². The summed E-state index contributed by atoms with van der Waals surface area (Å²) < 4.78 is 15.1. The van der Waals surface area contributed by atoms with Gasteiger partial charge in [-0.1, -0.05) is 19.9 Å². The van der Waals surface area contributed by atoms with Crippen LogP contribution in [-0.4, -0.2) is 33.8 Å². The van der Waals surface area contributed by atoms with Crippen molar-refractivity contribution in [1.82, 2.24) is 14.8 Å². The first-order chi connectivity index (χ1) is 15.8. The van der Waals surface area contributed by atoms with Gasteiger partial charge in [0.15, 0.2) is 0 Å². The molecule has 3 heterocycles. The molecular weight excluding hydrogens is 419 g/mol. The average molecular weight is 447 g/mol. The molecule has 7 nitrogen and oxygen atoms in total. The van der Waals surface area contributed by atoms with Gasteiger partial charge in [0, 0.05) is 18.9 Å². The SMILES string of the molecule is Cc1nc(CCc2cnn(Cc3ccc(F)cc3C#N)c2)cc2c1NC(=O)[C@H](C(C)C)N2C. The molecule has 3 aromatic rings. The molecule has 1 aliphatic heterocycles. The second-order valence-corrected chi connectivity index (χ2v) is 8.84. The highest BCUT2D eigenvalue weighted by Crippen LogP contribution is 2.35. The number of amides is 1. The first-order valence-electron chi connectivity index (χ1n) is 11.0. The normalized spacial score (nSPS) is 15.4. The fourth-order valence-corrected chi connectivity index (χ4v) is 4.41. The Morgan fingerprint density at radius 1 is 1.27 bits per heavy atom. The van der Waals surface area contributed by atoms with E-state index >= 15 is 0 Å². The van der Waals surface area contributed by atoms with Crippen LogP contribution in [0.25, 0.3) is 0 Å². The van der Waals surface area contributed by atoms with Crippen LogP contribution in [0.5, 0.6) is 0 Å². The number of hydrogen-bond donors (Lipinski definition) is 1. The topological polar surface area (TPSA) is 86.8 Å². The van der Waals surface area contributed by atoms with Crippen molar-refractivity contribution in [2.45, 2.75) is 46.2 Å². The molecule has 0 unspecified atom stereocenters. The van der Waals surface area contributed by atoms with Crippen molar-refractivity contribution in [3.63, 3.8) is 0 Å². The van der Waals surface area contributed by atoms with E-state index in [1.165, 1.54) is 12.1 Å². The van der Waals surface area contributed by atoms with Crippen molar-refractivity contribution in [3.05, 3.63) is 70.6 Å². The van der Waals surface area contributed by atoms with Gasteiger partial charge in [0.05, 0.1) is 41.4 Å². The number of pyridine rings is 1. The summed E-state index contributed by atoms with van der Waals surface area (Å²) in [6.45, 7) is 6.41. The maximum atomic E-state index is 13.4. The zero-order valence-corrected chi connectivity index (χ0v) is 19.3. The minimum atomic E-state index is -0.422. The molecule has 0 radical (unpaired) electrons. The van der Waals surface area contributed by atoms with Crippen molar-refractivity contribution in [3.8, 4) is 6.07 Å². The zero-order valence-electron chi connectivity index (χ0n) is 19.3. The highest BCUT2D eigenvalue weighted by molar-refractivity contribution is 6.04. The number of benzene rings is 1. The number of fused-ring (bicyclic) bond motifs is 1. The van der Waals surface area contributed by atoms with E-state index in [0.29, 0.717) is 12.1 Å². The Morgan fingerprint density at radius 3 is 2.79 bits per heavy atom. The summed E-state index contributed by atoms with van der Waals surface area (Å²) in [7, 11) is 1.96. The van der Waals surface area contributed by atoms with Gasteiger partial charge >= 0.3 is 0 Å². The third-order valence-corrected chi connectivity index (χ3v) is 6.06. The van der Waals surface area contributed by atoms with E-state index in [1.807, 2.05) is 51.2 Å². The maximum Gasteiger partial charge on any atom is 0.247 e. The fraction of sp³-hybridized carbons (Fsp3) is 0.360. The number of hydrogen-bond acceptors (Lipinski definition) is 5. The Hall–Kier alpha value is -3.73. The lowest BCUT2D eigenvalue weighted by Gasteiger charge is -2.38. The zero-order chi connectivity index (χ0) is 23.7. The minimum absolute atomic E-state index is 0.00535. The summed E-state index contributed by atoms with van der Waals surface area (Å²) in [5.74, 6) is -0.228. The number of anilines is 2. The number of carbonyl (C=O) groups is 1. The number of carbonyl (C=O) groups excluding carboxylic acids is 1. The molecule has 0 fully saturated rings. The summed E-state index contributed by atoms with van der Waals surface area (Å²) in [6, 6.07) is 8.10. The van der Waals surface area contributed by atoms with Crippen molar-refractivity contribution in [2.75, 3.05) is 17.3 Å². The Morgan fingerprint density at radius 2 is 2.06 bits per heavy atom. The maximum absolute atomic E-state index is 13.4. The van der Waals surface area contributed by atoms with E-state index in [2.05, 4.69) is 16.5 Å². The lowest BCUT2D eigenvalue weighted by molar-refractivity contribution is -0.118. The molecule has 0 aliphatic carbocycles. The largest absolute Gasteiger partial charge is 0.361 e. The van der Waals surface area contributed by atoms with Gasteiger partial charge in [0.1, 0.15) is 11.9 Å². The predicted octanol–water partition coefficient (Wildman–Crippen LogP) is 3.84.